The molecular weight excluding hydrogens is 362 g/mol. The maximum Gasteiger partial charge on any atom is 0.00388 e. The first-order valence-electron chi connectivity index (χ1n) is 14.4. The first kappa shape index (κ1) is 28.0. The summed E-state index contributed by atoms with van der Waals surface area (Å²) >= 11 is 0. The Balaban J connectivity index is 1.83. The molecule has 0 heterocycles. The zero-order valence-electron chi connectivity index (χ0n) is 21.4. The van der Waals surface area contributed by atoms with E-state index in [0.717, 1.165) is 17.8 Å². The Morgan fingerprint density at radius 1 is 0.600 bits per heavy atom. The Hall–Kier alpha value is -0.0400. The van der Waals surface area contributed by atoms with Gasteiger partial charge in [-0.3, -0.25) is 0 Å². The van der Waals surface area contributed by atoms with Gasteiger partial charge in [0.25, 0.3) is 0 Å². The van der Waals surface area contributed by atoms with Gasteiger partial charge in [0.15, 0.2) is 0 Å². The molecule has 0 aromatic rings. The van der Waals surface area contributed by atoms with Gasteiger partial charge < -0.3 is 5.73 Å². The number of nitrogens with two attached hydrogens (primary N) is 1. The summed E-state index contributed by atoms with van der Waals surface area (Å²) in [6, 6.07) is 0.466. The summed E-state index contributed by atoms with van der Waals surface area (Å²) < 4.78 is 0. The van der Waals surface area contributed by atoms with Crippen LogP contribution in [0.2, 0.25) is 0 Å². The highest BCUT2D eigenvalue weighted by Crippen LogP contribution is 2.48. The Morgan fingerprint density at radius 3 is 1.57 bits per heavy atom. The topological polar surface area (TPSA) is 26.0 Å². The van der Waals surface area contributed by atoms with Gasteiger partial charge in [0, 0.05) is 6.04 Å². The minimum atomic E-state index is 0.466. The van der Waals surface area contributed by atoms with Crippen molar-refractivity contribution < 1.29 is 0 Å². The molecule has 1 nitrogen and oxygen atoms in total. The van der Waals surface area contributed by atoms with Gasteiger partial charge in [-0.1, -0.05) is 143 Å². The fourth-order valence-corrected chi connectivity index (χ4v) is 5.44. The molecule has 1 heteroatoms. The SMILES string of the molecule is CCCCCCCCCC(N)CCCCCCC(C)C1CC1CCCCCCCC. The van der Waals surface area contributed by atoms with Gasteiger partial charge in [-0.05, 0) is 37.0 Å². The molecule has 0 bridgehead atoms. The molecule has 0 aromatic carbocycles. The van der Waals surface area contributed by atoms with Crippen molar-refractivity contribution in [3.05, 3.63) is 0 Å². The molecule has 0 amide bonds. The summed E-state index contributed by atoms with van der Waals surface area (Å²) in [5.41, 5.74) is 6.34. The summed E-state index contributed by atoms with van der Waals surface area (Å²) in [5, 5.41) is 0. The first-order valence-corrected chi connectivity index (χ1v) is 14.4. The van der Waals surface area contributed by atoms with E-state index in [-0.39, 0.29) is 0 Å². The maximum absolute atomic E-state index is 6.34. The molecule has 4 atom stereocenters. The van der Waals surface area contributed by atoms with Gasteiger partial charge in [-0.15, -0.1) is 0 Å². The molecule has 1 aliphatic carbocycles. The zero-order chi connectivity index (χ0) is 21.9. The molecule has 1 aliphatic rings. The Morgan fingerprint density at radius 2 is 1.03 bits per heavy atom. The Kier molecular flexibility index (Phi) is 18.3. The lowest BCUT2D eigenvalue weighted by molar-refractivity contribution is 0.404. The molecule has 2 N–H and O–H groups in total. The molecule has 0 aromatic heterocycles. The van der Waals surface area contributed by atoms with E-state index in [0.29, 0.717) is 6.04 Å². The van der Waals surface area contributed by atoms with Gasteiger partial charge in [0.1, 0.15) is 0 Å². The van der Waals surface area contributed by atoms with Crippen molar-refractivity contribution in [3.8, 4) is 0 Å². The number of rotatable bonds is 23. The summed E-state index contributed by atoms with van der Waals surface area (Å²) in [5.74, 6) is 3.15. The van der Waals surface area contributed by atoms with E-state index in [1.807, 2.05) is 0 Å². The molecule has 4 unspecified atom stereocenters. The van der Waals surface area contributed by atoms with Crippen molar-refractivity contribution in [1.29, 1.82) is 0 Å². The van der Waals surface area contributed by atoms with Crippen molar-refractivity contribution in [2.24, 2.45) is 23.5 Å². The fourth-order valence-electron chi connectivity index (χ4n) is 5.44. The quantitative estimate of drug-likeness (QED) is 0.163. The second kappa shape index (κ2) is 19.6. The molecule has 1 fully saturated rings. The fraction of sp³-hybridized carbons (Fsp3) is 1.00. The van der Waals surface area contributed by atoms with Gasteiger partial charge in [-0.2, -0.15) is 0 Å². The molecule has 0 aliphatic heterocycles. The minimum absolute atomic E-state index is 0.466. The average Bonchev–Trinajstić information content (AvgIpc) is 3.52. The van der Waals surface area contributed by atoms with Crippen molar-refractivity contribution in [2.75, 3.05) is 0 Å². The maximum atomic E-state index is 6.34. The number of hydrogen-bond acceptors (Lipinski definition) is 1. The third kappa shape index (κ3) is 15.7. The van der Waals surface area contributed by atoms with E-state index in [2.05, 4.69) is 20.8 Å². The van der Waals surface area contributed by atoms with Crippen LogP contribution in [0.3, 0.4) is 0 Å². The van der Waals surface area contributed by atoms with Gasteiger partial charge >= 0.3 is 0 Å². The van der Waals surface area contributed by atoms with E-state index in [9.17, 15) is 0 Å². The van der Waals surface area contributed by atoms with Crippen LogP contribution in [-0.4, -0.2) is 6.04 Å². The van der Waals surface area contributed by atoms with E-state index in [1.165, 1.54) is 135 Å². The van der Waals surface area contributed by atoms with Crippen molar-refractivity contribution in [3.63, 3.8) is 0 Å². The largest absolute Gasteiger partial charge is 0.328 e. The van der Waals surface area contributed by atoms with Gasteiger partial charge in [0.2, 0.25) is 0 Å². The second-order valence-electron chi connectivity index (χ2n) is 10.9. The third-order valence-electron chi connectivity index (χ3n) is 7.80. The molecule has 1 rings (SSSR count). The van der Waals surface area contributed by atoms with E-state index >= 15 is 0 Å². The first-order chi connectivity index (χ1) is 14.7. The highest BCUT2D eigenvalue weighted by atomic mass is 14.6. The van der Waals surface area contributed by atoms with E-state index < -0.39 is 0 Å². The summed E-state index contributed by atoms with van der Waals surface area (Å²) in [6.45, 7) is 7.13. The molecule has 180 valence electrons. The van der Waals surface area contributed by atoms with Crippen LogP contribution < -0.4 is 5.73 Å². The molecule has 0 spiro atoms. The Labute approximate surface area is 191 Å². The highest BCUT2D eigenvalue weighted by molar-refractivity contribution is 4.89. The van der Waals surface area contributed by atoms with Crippen LogP contribution in [0.15, 0.2) is 0 Å². The number of unbranched alkanes of at least 4 members (excludes halogenated alkanes) is 14. The van der Waals surface area contributed by atoms with Crippen LogP contribution in [0.5, 0.6) is 0 Å². The number of hydrogen-bond donors (Lipinski definition) is 1. The van der Waals surface area contributed by atoms with Crippen LogP contribution in [-0.2, 0) is 0 Å². The summed E-state index contributed by atoms with van der Waals surface area (Å²) in [4.78, 5) is 0. The van der Waals surface area contributed by atoms with Gasteiger partial charge in [-0.25, -0.2) is 0 Å². The van der Waals surface area contributed by atoms with Crippen molar-refractivity contribution in [1.82, 2.24) is 0 Å². The predicted octanol–water partition coefficient (Wildman–Crippen LogP) is 9.82. The monoisotopic (exact) mass is 421 g/mol. The molecule has 0 saturated heterocycles. The van der Waals surface area contributed by atoms with Crippen LogP contribution in [0.1, 0.15) is 162 Å². The third-order valence-corrected chi connectivity index (χ3v) is 7.80. The van der Waals surface area contributed by atoms with Gasteiger partial charge in [0.05, 0.1) is 0 Å². The van der Waals surface area contributed by atoms with Crippen LogP contribution >= 0.6 is 0 Å². The average molecular weight is 422 g/mol. The zero-order valence-corrected chi connectivity index (χ0v) is 21.4. The van der Waals surface area contributed by atoms with E-state index in [4.69, 9.17) is 5.73 Å². The lowest BCUT2D eigenvalue weighted by atomic mass is 9.95. The lowest BCUT2D eigenvalue weighted by Crippen LogP contribution is -2.19. The molecule has 0 radical (unpaired) electrons. The molecular formula is C29H59N. The molecule has 30 heavy (non-hydrogen) atoms. The van der Waals surface area contributed by atoms with Crippen molar-refractivity contribution >= 4 is 0 Å². The Bertz CT molecular complexity index is 352. The van der Waals surface area contributed by atoms with Crippen LogP contribution in [0.4, 0.5) is 0 Å². The summed E-state index contributed by atoms with van der Waals surface area (Å²) in [7, 11) is 0. The minimum Gasteiger partial charge on any atom is -0.328 e. The lowest BCUT2D eigenvalue weighted by Gasteiger charge is -2.13. The standard InChI is InChI=1S/C29H59N/c1-4-6-8-10-12-14-19-23-28(30)24-20-16-15-17-21-26(3)29-25-27(29)22-18-13-11-9-7-5-2/h26-29H,4-25,30H2,1-3H3. The van der Waals surface area contributed by atoms with Crippen LogP contribution in [0.25, 0.3) is 0 Å². The highest BCUT2D eigenvalue weighted by Gasteiger charge is 2.39. The van der Waals surface area contributed by atoms with E-state index in [1.54, 1.807) is 6.42 Å². The normalized spacial score (nSPS) is 20.4. The summed E-state index contributed by atoms with van der Waals surface area (Å²) in [6.07, 6.45) is 31.2. The van der Waals surface area contributed by atoms with Crippen molar-refractivity contribution in [2.45, 2.75) is 168 Å². The second-order valence-corrected chi connectivity index (χ2v) is 10.9. The smallest absolute Gasteiger partial charge is 0.00388 e. The van der Waals surface area contributed by atoms with Crippen LogP contribution in [0, 0.1) is 17.8 Å². The predicted molar refractivity (Wildman–Crippen MR) is 137 cm³/mol. The molecule has 1 saturated carbocycles.